The molecular weight excluding hydrogens is 320 g/mol. The fraction of sp³-hybridized carbons (Fsp3) is 0.556. The molecule has 0 unspecified atom stereocenters. The number of rotatable bonds is 4. The molecule has 6 heteroatoms. The summed E-state index contributed by atoms with van der Waals surface area (Å²) in [6.07, 6.45) is 4.56. The molecular formula is C18H22N4OS. The van der Waals surface area contributed by atoms with Gasteiger partial charge in [-0.15, -0.1) is 0 Å². The summed E-state index contributed by atoms with van der Waals surface area (Å²) in [5.41, 5.74) is 1.54. The standard InChI is InChI=1S/C18H22N4OS/c1-13-9-14(2)21-17(15(13)10-19)24-11-16(23)22(3)18(12-20)7-5-4-6-8-18/h9H,4-8,11H2,1-3H3. The van der Waals surface area contributed by atoms with Gasteiger partial charge in [0.05, 0.1) is 17.4 Å². The number of hydrogen-bond acceptors (Lipinski definition) is 5. The maximum absolute atomic E-state index is 12.6. The van der Waals surface area contributed by atoms with Gasteiger partial charge in [0.25, 0.3) is 0 Å². The zero-order valence-corrected chi connectivity index (χ0v) is 15.2. The van der Waals surface area contributed by atoms with Crippen LogP contribution in [0.3, 0.4) is 0 Å². The Labute approximate surface area is 147 Å². The Morgan fingerprint density at radius 1 is 1.33 bits per heavy atom. The van der Waals surface area contributed by atoms with Crippen LogP contribution < -0.4 is 0 Å². The van der Waals surface area contributed by atoms with Crippen LogP contribution in [0, 0.1) is 36.5 Å². The van der Waals surface area contributed by atoms with Gasteiger partial charge in [-0.05, 0) is 38.3 Å². The maximum atomic E-state index is 12.6. The molecule has 2 rings (SSSR count). The van der Waals surface area contributed by atoms with Gasteiger partial charge in [0.2, 0.25) is 5.91 Å². The van der Waals surface area contributed by atoms with Gasteiger partial charge in [-0.2, -0.15) is 10.5 Å². The van der Waals surface area contributed by atoms with Crippen molar-refractivity contribution in [2.24, 2.45) is 0 Å². The highest BCUT2D eigenvalue weighted by Gasteiger charge is 2.38. The summed E-state index contributed by atoms with van der Waals surface area (Å²) in [5, 5.41) is 19.5. The smallest absolute Gasteiger partial charge is 0.234 e. The van der Waals surface area contributed by atoms with E-state index in [1.165, 1.54) is 11.8 Å². The fourth-order valence-electron chi connectivity index (χ4n) is 3.17. The van der Waals surface area contributed by atoms with Gasteiger partial charge in [0.15, 0.2) is 0 Å². The number of aryl methyl sites for hydroxylation is 2. The number of aromatic nitrogens is 1. The average Bonchev–Trinajstić information content (AvgIpc) is 2.59. The first-order valence-electron chi connectivity index (χ1n) is 8.12. The summed E-state index contributed by atoms with van der Waals surface area (Å²) in [7, 11) is 1.72. The molecule has 24 heavy (non-hydrogen) atoms. The van der Waals surface area contributed by atoms with Crippen molar-refractivity contribution in [2.45, 2.75) is 56.5 Å². The second-order valence-corrected chi connectivity index (χ2v) is 7.28. The topological polar surface area (TPSA) is 80.8 Å². The lowest BCUT2D eigenvalue weighted by Crippen LogP contribution is -2.50. The molecule has 1 heterocycles. The fourth-order valence-corrected chi connectivity index (χ4v) is 4.18. The van der Waals surface area contributed by atoms with Crippen LogP contribution >= 0.6 is 11.8 Å². The van der Waals surface area contributed by atoms with Crippen LogP contribution in [0.4, 0.5) is 0 Å². The number of thioether (sulfide) groups is 1. The Balaban J connectivity index is 2.11. The van der Waals surface area contributed by atoms with Crippen LogP contribution in [0.5, 0.6) is 0 Å². The summed E-state index contributed by atoms with van der Waals surface area (Å²) in [4.78, 5) is 18.6. The van der Waals surface area contributed by atoms with Gasteiger partial charge in [0.1, 0.15) is 16.6 Å². The lowest BCUT2D eigenvalue weighted by Gasteiger charge is -2.39. The van der Waals surface area contributed by atoms with E-state index in [9.17, 15) is 15.3 Å². The van der Waals surface area contributed by atoms with E-state index in [-0.39, 0.29) is 11.7 Å². The summed E-state index contributed by atoms with van der Waals surface area (Å²) < 4.78 is 0. The van der Waals surface area contributed by atoms with Gasteiger partial charge >= 0.3 is 0 Å². The molecule has 5 nitrogen and oxygen atoms in total. The van der Waals surface area contributed by atoms with E-state index in [1.807, 2.05) is 19.9 Å². The molecule has 1 amide bonds. The van der Waals surface area contributed by atoms with E-state index in [4.69, 9.17) is 0 Å². The normalized spacial score (nSPS) is 16.0. The molecule has 0 N–H and O–H groups in total. The molecule has 0 spiro atoms. The highest BCUT2D eigenvalue weighted by Crippen LogP contribution is 2.33. The number of carbonyl (C=O) groups is 1. The number of hydrogen-bond donors (Lipinski definition) is 0. The monoisotopic (exact) mass is 342 g/mol. The van der Waals surface area contributed by atoms with Crippen molar-refractivity contribution in [3.63, 3.8) is 0 Å². The van der Waals surface area contributed by atoms with Crippen molar-refractivity contribution in [1.82, 2.24) is 9.88 Å². The highest BCUT2D eigenvalue weighted by atomic mass is 32.2. The van der Waals surface area contributed by atoms with Crippen molar-refractivity contribution in [3.05, 3.63) is 22.9 Å². The third-order valence-corrected chi connectivity index (χ3v) is 5.62. The minimum Gasteiger partial charge on any atom is -0.326 e. The lowest BCUT2D eigenvalue weighted by atomic mass is 9.81. The van der Waals surface area contributed by atoms with Crippen LogP contribution in [0.15, 0.2) is 11.1 Å². The van der Waals surface area contributed by atoms with Crippen molar-refractivity contribution in [2.75, 3.05) is 12.8 Å². The van der Waals surface area contributed by atoms with Crippen LogP contribution in [0.1, 0.15) is 48.9 Å². The summed E-state index contributed by atoms with van der Waals surface area (Å²) >= 11 is 1.28. The number of nitriles is 2. The van der Waals surface area contributed by atoms with E-state index >= 15 is 0 Å². The molecule has 1 fully saturated rings. The van der Waals surface area contributed by atoms with Gasteiger partial charge in [0, 0.05) is 12.7 Å². The second kappa shape index (κ2) is 7.68. The Morgan fingerprint density at radius 2 is 2.00 bits per heavy atom. The Bertz CT molecular complexity index is 711. The van der Waals surface area contributed by atoms with Gasteiger partial charge in [-0.1, -0.05) is 31.0 Å². The van der Waals surface area contributed by atoms with E-state index < -0.39 is 5.54 Å². The Kier molecular flexibility index (Phi) is 5.85. The summed E-state index contributed by atoms with van der Waals surface area (Å²) in [6, 6.07) is 6.39. The molecule has 0 aromatic carbocycles. The second-order valence-electron chi connectivity index (χ2n) is 6.32. The zero-order valence-electron chi connectivity index (χ0n) is 14.4. The third kappa shape index (κ3) is 3.71. The van der Waals surface area contributed by atoms with E-state index in [2.05, 4.69) is 17.1 Å². The molecule has 1 aromatic rings. The van der Waals surface area contributed by atoms with Crippen molar-refractivity contribution in [3.8, 4) is 12.1 Å². The van der Waals surface area contributed by atoms with E-state index in [0.29, 0.717) is 10.6 Å². The number of carbonyl (C=O) groups excluding carboxylic acids is 1. The molecule has 0 bridgehead atoms. The average molecular weight is 342 g/mol. The molecule has 1 aromatic heterocycles. The minimum atomic E-state index is -0.677. The van der Waals surface area contributed by atoms with Crippen molar-refractivity contribution in [1.29, 1.82) is 10.5 Å². The van der Waals surface area contributed by atoms with E-state index in [1.54, 1.807) is 11.9 Å². The highest BCUT2D eigenvalue weighted by molar-refractivity contribution is 8.00. The van der Waals surface area contributed by atoms with Crippen LogP contribution in [-0.2, 0) is 4.79 Å². The van der Waals surface area contributed by atoms with Crippen LogP contribution in [0.25, 0.3) is 0 Å². The molecule has 0 radical (unpaired) electrons. The number of amides is 1. The largest absolute Gasteiger partial charge is 0.326 e. The molecule has 0 aliphatic heterocycles. The molecule has 0 saturated heterocycles. The van der Waals surface area contributed by atoms with Crippen molar-refractivity contribution >= 4 is 17.7 Å². The zero-order chi connectivity index (χ0) is 17.7. The van der Waals surface area contributed by atoms with Gasteiger partial charge in [-0.25, -0.2) is 4.98 Å². The molecule has 1 aliphatic rings. The maximum Gasteiger partial charge on any atom is 0.234 e. The predicted molar refractivity (Wildman–Crippen MR) is 93.3 cm³/mol. The first kappa shape index (κ1) is 18.3. The van der Waals surface area contributed by atoms with Crippen LogP contribution in [0.2, 0.25) is 0 Å². The first-order valence-corrected chi connectivity index (χ1v) is 9.11. The summed E-state index contributed by atoms with van der Waals surface area (Å²) in [5.74, 6) is 0.0955. The lowest BCUT2D eigenvalue weighted by molar-refractivity contribution is -0.131. The molecule has 126 valence electrons. The van der Waals surface area contributed by atoms with Gasteiger partial charge < -0.3 is 4.90 Å². The quantitative estimate of drug-likeness (QED) is 0.784. The third-order valence-electron chi connectivity index (χ3n) is 4.66. The Morgan fingerprint density at radius 3 is 2.58 bits per heavy atom. The van der Waals surface area contributed by atoms with Crippen LogP contribution in [-0.4, -0.2) is 34.1 Å². The Hall–Kier alpha value is -2.05. The predicted octanol–water partition coefficient (Wildman–Crippen LogP) is 3.35. The molecule has 1 saturated carbocycles. The van der Waals surface area contributed by atoms with Gasteiger partial charge in [-0.3, -0.25) is 4.79 Å². The van der Waals surface area contributed by atoms with Crippen molar-refractivity contribution < 1.29 is 4.79 Å². The number of pyridine rings is 1. The minimum absolute atomic E-state index is 0.0895. The SMILES string of the molecule is Cc1cc(C)c(C#N)c(SCC(=O)N(C)C2(C#N)CCCCC2)n1. The van der Waals surface area contributed by atoms with E-state index in [0.717, 1.165) is 43.4 Å². The molecule has 0 atom stereocenters. The first-order chi connectivity index (χ1) is 11.4. The molecule has 1 aliphatic carbocycles. The number of nitrogens with zero attached hydrogens (tertiary/aromatic N) is 4. The summed E-state index contributed by atoms with van der Waals surface area (Å²) in [6.45, 7) is 3.75.